The maximum absolute atomic E-state index is 13.8. The summed E-state index contributed by atoms with van der Waals surface area (Å²) < 4.78 is 3.12. The largest absolute Gasteiger partial charge is 0.398 e. The highest BCUT2D eigenvalue weighted by Gasteiger charge is 2.23. The van der Waals surface area contributed by atoms with E-state index in [1.165, 1.54) is 39.0 Å². The summed E-state index contributed by atoms with van der Waals surface area (Å²) in [5.74, 6) is -0.629. The first-order valence-corrected chi connectivity index (χ1v) is 14.5. The number of nitrogen functional groups attached to an aromatic ring is 1. The summed E-state index contributed by atoms with van der Waals surface area (Å²) in [6, 6.07) is 20.3. The number of hydrogen-bond donors (Lipinski definition) is 2. The highest BCUT2D eigenvalue weighted by molar-refractivity contribution is 7.16. The van der Waals surface area contributed by atoms with Gasteiger partial charge in [0.05, 0.1) is 28.7 Å². The zero-order chi connectivity index (χ0) is 30.6. The Labute approximate surface area is 259 Å². The number of nitrogens with one attached hydrogen (secondary N) is 1. The van der Waals surface area contributed by atoms with E-state index >= 15 is 0 Å². The molecule has 0 atom stereocenters. The van der Waals surface area contributed by atoms with Gasteiger partial charge in [0, 0.05) is 53.0 Å². The van der Waals surface area contributed by atoms with Crippen molar-refractivity contribution < 1.29 is 9.59 Å². The summed E-state index contributed by atoms with van der Waals surface area (Å²) in [4.78, 5) is 53.7. The lowest BCUT2D eigenvalue weighted by Crippen LogP contribution is -2.26. The van der Waals surface area contributed by atoms with Crippen LogP contribution in [0.25, 0.3) is 22.5 Å². The summed E-state index contributed by atoms with van der Waals surface area (Å²) in [7, 11) is 0. The summed E-state index contributed by atoms with van der Waals surface area (Å²) >= 11 is 7.52. The molecule has 0 saturated heterocycles. The molecule has 0 radical (unpaired) electrons. The molecule has 5 heterocycles. The zero-order valence-corrected chi connectivity index (χ0v) is 24.5. The normalized spacial score (nSPS) is 10.9. The fraction of sp³-hybridized carbons (Fsp3) is 0.0645. The van der Waals surface area contributed by atoms with Crippen LogP contribution in [0.5, 0.6) is 0 Å². The second kappa shape index (κ2) is 12.4. The second-order valence-corrected chi connectivity index (χ2v) is 11.4. The molecule has 0 aliphatic heterocycles. The summed E-state index contributed by atoms with van der Waals surface area (Å²) in [5.41, 5.74) is 8.04. The smallest absolute Gasteiger partial charge is 0.282 e. The van der Waals surface area contributed by atoms with Crippen molar-refractivity contribution in [2.45, 2.75) is 13.1 Å². The summed E-state index contributed by atoms with van der Waals surface area (Å²) in [5, 5.41) is 7.90. The van der Waals surface area contributed by atoms with Crippen molar-refractivity contribution in [3.05, 3.63) is 129 Å². The van der Waals surface area contributed by atoms with Gasteiger partial charge in [-0.05, 0) is 48.0 Å². The van der Waals surface area contributed by atoms with E-state index < -0.39 is 17.2 Å². The molecule has 0 unspecified atom stereocenters. The van der Waals surface area contributed by atoms with Gasteiger partial charge in [0.2, 0.25) is 5.78 Å². The summed E-state index contributed by atoms with van der Waals surface area (Å²) in [6.07, 6.45) is 6.17. The van der Waals surface area contributed by atoms with Crippen molar-refractivity contribution in [3.63, 3.8) is 0 Å². The lowest BCUT2D eigenvalue weighted by Gasteiger charge is -2.12. The number of rotatable bonds is 9. The number of para-hydroxylation sites is 1. The molecule has 0 aliphatic carbocycles. The van der Waals surface area contributed by atoms with Crippen LogP contribution in [-0.4, -0.2) is 41.0 Å². The molecular formula is C31H23ClN8O3S. The maximum atomic E-state index is 13.8. The van der Waals surface area contributed by atoms with Gasteiger partial charge >= 0.3 is 0 Å². The van der Waals surface area contributed by atoms with Gasteiger partial charge in [0.25, 0.3) is 11.5 Å². The van der Waals surface area contributed by atoms with Gasteiger partial charge in [0.15, 0.2) is 5.82 Å². The van der Waals surface area contributed by atoms with Crippen LogP contribution < -0.4 is 16.6 Å². The molecule has 13 heteroatoms. The van der Waals surface area contributed by atoms with Crippen LogP contribution in [0.1, 0.15) is 25.9 Å². The Morgan fingerprint density at radius 1 is 0.932 bits per heavy atom. The molecule has 11 nitrogen and oxygen atoms in total. The fourth-order valence-corrected chi connectivity index (χ4v) is 5.57. The van der Waals surface area contributed by atoms with Crippen LogP contribution in [0.2, 0.25) is 4.34 Å². The van der Waals surface area contributed by atoms with Crippen molar-refractivity contribution in [2.24, 2.45) is 0 Å². The number of ketones is 1. The standard InChI is InChI=1S/C31H23ClN8O3S/c32-27-9-8-21(44-27)17-37-28-15-24(38-40(28)31(43)22-6-1-2-7-23(22)33)25-13-20(19-5-3-10-34-16-19)14-29(42)39(25)18-26(41)30-35-11-4-12-36-30/h1-16,37H,17-18,33H2. The van der Waals surface area contributed by atoms with Crippen LogP contribution in [-0.2, 0) is 13.1 Å². The number of thiophene rings is 1. The van der Waals surface area contributed by atoms with E-state index in [9.17, 15) is 14.4 Å². The molecule has 0 amide bonds. The number of hydrogen-bond acceptors (Lipinski definition) is 10. The van der Waals surface area contributed by atoms with Crippen LogP contribution in [0.4, 0.5) is 11.5 Å². The predicted molar refractivity (Wildman–Crippen MR) is 169 cm³/mol. The first kappa shape index (κ1) is 28.6. The summed E-state index contributed by atoms with van der Waals surface area (Å²) in [6.45, 7) is 0.000823. The Bertz CT molecular complexity index is 2040. The Kier molecular flexibility index (Phi) is 8.08. The number of halogens is 1. The highest BCUT2D eigenvalue weighted by atomic mass is 35.5. The number of carbonyl (C=O) groups is 2. The molecule has 218 valence electrons. The Morgan fingerprint density at radius 3 is 2.48 bits per heavy atom. The van der Waals surface area contributed by atoms with Crippen molar-refractivity contribution in [1.82, 2.24) is 29.3 Å². The third kappa shape index (κ3) is 6.02. The van der Waals surface area contributed by atoms with E-state index in [-0.39, 0.29) is 29.3 Å². The molecule has 0 bridgehead atoms. The van der Waals surface area contributed by atoms with Crippen LogP contribution in [0.15, 0.2) is 102 Å². The number of nitrogens with zero attached hydrogens (tertiary/aromatic N) is 6. The monoisotopic (exact) mass is 622 g/mol. The molecule has 0 spiro atoms. The van der Waals surface area contributed by atoms with Crippen LogP contribution in [0.3, 0.4) is 0 Å². The van der Waals surface area contributed by atoms with E-state index in [0.717, 1.165) is 4.88 Å². The minimum Gasteiger partial charge on any atom is -0.398 e. The highest BCUT2D eigenvalue weighted by Crippen LogP contribution is 2.29. The lowest BCUT2D eigenvalue weighted by atomic mass is 10.1. The molecule has 0 saturated carbocycles. The first-order valence-electron chi connectivity index (χ1n) is 13.3. The van der Waals surface area contributed by atoms with Gasteiger partial charge < -0.3 is 11.1 Å². The van der Waals surface area contributed by atoms with Crippen molar-refractivity contribution >= 4 is 46.1 Å². The van der Waals surface area contributed by atoms with E-state index in [4.69, 9.17) is 17.3 Å². The molecular weight excluding hydrogens is 600 g/mol. The Balaban J connectivity index is 1.49. The van der Waals surface area contributed by atoms with Gasteiger partial charge in [-0.2, -0.15) is 9.78 Å². The molecule has 3 N–H and O–H groups in total. The zero-order valence-electron chi connectivity index (χ0n) is 22.9. The van der Waals surface area contributed by atoms with Crippen molar-refractivity contribution in [1.29, 1.82) is 0 Å². The number of nitrogens with two attached hydrogens (primary N) is 1. The number of carbonyl (C=O) groups excluding carboxylic acids is 2. The van der Waals surface area contributed by atoms with Crippen LogP contribution >= 0.6 is 22.9 Å². The lowest BCUT2D eigenvalue weighted by molar-refractivity contribution is 0.0944. The number of benzene rings is 1. The minimum atomic E-state index is -0.480. The third-order valence-corrected chi connectivity index (χ3v) is 7.90. The minimum absolute atomic E-state index is 0.0288. The average Bonchev–Trinajstić information content (AvgIpc) is 3.67. The topological polar surface area (TPSA) is 151 Å². The fourth-order valence-electron chi connectivity index (χ4n) is 4.55. The van der Waals surface area contributed by atoms with E-state index in [1.807, 2.05) is 12.1 Å². The predicted octanol–water partition coefficient (Wildman–Crippen LogP) is 5.04. The van der Waals surface area contributed by atoms with E-state index in [0.29, 0.717) is 33.5 Å². The number of anilines is 2. The molecule has 44 heavy (non-hydrogen) atoms. The first-order chi connectivity index (χ1) is 21.4. The molecule has 6 aromatic rings. The molecule has 0 fully saturated rings. The average molecular weight is 623 g/mol. The van der Waals surface area contributed by atoms with Crippen LogP contribution in [0, 0.1) is 0 Å². The van der Waals surface area contributed by atoms with Gasteiger partial charge in [-0.3, -0.25) is 23.9 Å². The molecule has 1 aromatic carbocycles. The van der Waals surface area contributed by atoms with Gasteiger partial charge in [-0.25, -0.2) is 9.97 Å². The van der Waals surface area contributed by atoms with Crippen molar-refractivity contribution in [3.8, 4) is 22.5 Å². The molecule has 5 aromatic heterocycles. The quantitative estimate of drug-likeness (QED) is 0.167. The Morgan fingerprint density at radius 2 is 1.75 bits per heavy atom. The van der Waals surface area contributed by atoms with Gasteiger partial charge in [-0.1, -0.05) is 29.8 Å². The second-order valence-electron chi connectivity index (χ2n) is 9.57. The van der Waals surface area contributed by atoms with E-state index in [2.05, 4.69) is 25.4 Å². The Hall–Kier alpha value is -5.46. The molecule has 0 aliphatic rings. The van der Waals surface area contributed by atoms with Crippen molar-refractivity contribution in [2.75, 3.05) is 11.1 Å². The number of pyridine rings is 2. The maximum Gasteiger partial charge on any atom is 0.282 e. The van der Waals surface area contributed by atoms with Gasteiger partial charge in [-0.15, -0.1) is 11.3 Å². The van der Waals surface area contributed by atoms with E-state index in [1.54, 1.807) is 67.0 Å². The number of Topliss-reactive ketones (excluding diaryl/α,β-unsaturated/α-hetero) is 1. The number of aromatic nitrogens is 6. The molecule has 6 rings (SSSR count). The van der Waals surface area contributed by atoms with Gasteiger partial charge in [0.1, 0.15) is 11.5 Å². The SMILES string of the molecule is Nc1ccccc1C(=O)n1nc(-c2cc(-c3cccnc3)cc(=O)n2CC(=O)c2ncccn2)cc1NCc1ccc(Cl)s1. The third-order valence-electron chi connectivity index (χ3n) is 6.67.